The highest BCUT2D eigenvalue weighted by Gasteiger charge is 2.36. The van der Waals surface area contributed by atoms with Crippen LogP contribution in [-0.4, -0.2) is 16.7 Å². The second kappa shape index (κ2) is 6.24. The second-order valence-corrected chi connectivity index (χ2v) is 5.64. The van der Waals surface area contributed by atoms with Crippen LogP contribution in [0.3, 0.4) is 0 Å². The summed E-state index contributed by atoms with van der Waals surface area (Å²) < 4.78 is 41.1. The zero-order valence-corrected chi connectivity index (χ0v) is 13.1. The number of hydrogen-bond acceptors (Lipinski definition) is 2. The molecule has 0 bridgehead atoms. The molecular formula is C19H16F3NO. The molecule has 2 aromatic carbocycles. The Bertz CT molecular complexity index is 887. The van der Waals surface area contributed by atoms with Gasteiger partial charge in [-0.2, -0.15) is 13.2 Å². The lowest BCUT2D eigenvalue weighted by atomic mass is 9.91. The largest absolute Gasteiger partial charge is 0.417 e. The topological polar surface area (TPSA) is 33.1 Å². The lowest BCUT2D eigenvalue weighted by Crippen LogP contribution is -2.12. The van der Waals surface area contributed by atoms with Gasteiger partial charge in [-0.05, 0) is 42.2 Å². The van der Waals surface area contributed by atoms with Gasteiger partial charge in [0.25, 0.3) is 0 Å². The quantitative estimate of drug-likeness (QED) is 0.750. The van der Waals surface area contributed by atoms with Crippen LogP contribution in [0, 0.1) is 6.92 Å². The first-order valence-electron chi connectivity index (χ1n) is 7.58. The molecule has 2 nitrogen and oxygen atoms in total. The van der Waals surface area contributed by atoms with Crippen LogP contribution >= 0.6 is 0 Å². The number of aryl methyl sites for hydroxylation is 1. The number of halogens is 3. The van der Waals surface area contributed by atoms with Crippen LogP contribution in [0.25, 0.3) is 22.0 Å². The smallest absolute Gasteiger partial charge is 0.396 e. The van der Waals surface area contributed by atoms with Crippen molar-refractivity contribution < 1.29 is 18.3 Å². The van der Waals surface area contributed by atoms with Crippen molar-refractivity contribution in [2.75, 3.05) is 6.61 Å². The Kier molecular flexibility index (Phi) is 4.28. The monoisotopic (exact) mass is 331 g/mol. The molecule has 0 aliphatic heterocycles. The molecule has 0 fully saturated rings. The average Bonchev–Trinajstić information content (AvgIpc) is 2.53. The minimum Gasteiger partial charge on any atom is -0.396 e. The predicted molar refractivity (Wildman–Crippen MR) is 87.7 cm³/mol. The van der Waals surface area contributed by atoms with E-state index in [9.17, 15) is 13.2 Å². The summed E-state index contributed by atoms with van der Waals surface area (Å²) in [6.45, 7) is 1.51. The van der Waals surface area contributed by atoms with Gasteiger partial charge in [-0.15, -0.1) is 0 Å². The standard InChI is InChI=1S/C19H16F3NO/c1-12-8-9-15-14(5-3-7-17(15)23-12)16-6-2-4-13(10-11-24)18(16)19(20,21)22/h2-9,24H,10-11H2,1H3. The number of pyridine rings is 1. The first-order chi connectivity index (χ1) is 11.4. The SMILES string of the molecule is Cc1ccc2c(-c3cccc(CCO)c3C(F)(F)F)cccc2n1. The van der Waals surface area contributed by atoms with Crippen LogP contribution < -0.4 is 0 Å². The molecule has 3 aromatic rings. The zero-order valence-electron chi connectivity index (χ0n) is 13.1. The molecule has 124 valence electrons. The van der Waals surface area contributed by atoms with E-state index < -0.39 is 11.7 Å². The molecule has 1 aromatic heterocycles. The van der Waals surface area contributed by atoms with Gasteiger partial charge >= 0.3 is 6.18 Å². The summed E-state index contributed by atoms with van der Waals surface area (Å²) in [7, 11) is 0. The summed E-state index contributed by atoms with van der Waals surface area (Å²) >= 11 is 0. The maximum atomic E-state index is 13.7. The van der Waals surface area contributed by atoms with Crippen LogP contribution in [0.5, 0.6) is 0 Å². The van der Waals surface area contributed by atoms with Gasteiger partial charge in [0.2, 0.25) is 0 Å². The molecule has 3 rings (SSSR count). The third-order valence-electron chi connectivity index (χ3n) is 3.98. The summed E-state index contributed by atoms with van der Waals surface area (Å²) in [6, 6.07) is 13.2. The molecule has 0 radical (unpaired) electrons. The van der Waals surface area contributed by atoms with Gasteiger partial charge in [-0.1, -0.05) is 36.4 Å². The van der Waals surface area contributed by atoms with Crippen molar-refractivity contribution in [2.24, 2.45) is 0 Å². The molecule has 0 aliphatic rings. The van der Waals surface area contributed by atoms with Gasteiger partial charge in [-0.25, -0.2) is 0 Å². The van der Waals surface area contributed by atoms with E-state index >= 15 is 0 Å². The Labute approximate surface area is 137 Å². The van der Waals surface area contributed by atoms with Crippen molar-refractivity contribution in [2.45, 2.75) is 19.5 Å². The number of aliphatic hydroxyl groups is 1. The zero-order chi connectivity index (χ0) is 17.3. The number of fused-ring (bicyclic) bond motifs is 1. The van der Waals surface area contributed by atoms with Crippen LogP contribution in [0.2, 0.25) is 0 Å². The number of hydrogen-bond donors (Lipinski definition) is 1. The summed E-state index contributed by atoms with van der Waals surface area (Å²) in [4.78, 5) is 4.39. The van der Waals surface area contributed by atoms with Gasteiger partial charge in [0.15, 0.2) is 0 Å². The fourth-order valence-corrected chi connectivity index (χ4v) is 2.98. The Hall–Kier alpha value is -2.40. The van der Waals surface area contributed by atoms with Gasteiger partial charge in [0.05, 0.1) is 11.1 Å². The Morgan fingerprint density at radius 1 is 0.958 bits per heavy atom. The number of aromatic nitrogens is 1. The molecule has 0 saturated heterocycles. The third kappa shape index (κ3) is 2.99. The Balaban J connectivity index is 2.33. The number of nitrogens with zero attached hydrogens (tertiary/aromatic N) is 1. The van der Waals surface area contributed by atoms with Crippen molar-refractivity contribution in [1.29, 1.82) is 0 Å². The highest BCUT2D eigenvalue weighted by atomic mass is 19.4. The Morgan fingerprint density at radius 3 is 2.38 bits per heavy atom. The van der Waals surface area contributed by atoms with Crippen molar-refractivity contribution in [1.82, 2.24) is 4.98 Å². The fourth-order valence-electron chi connectivity index (χ4n) is 2.98. The molecule has 1 heterocycles. The fraction of sp³-hybridized carbons (Fsp3) is 0.211. The summed E-state index contributed by atoms with van der Waals surface area (Å²) in [5.74, 6) is 0. The minimum atomic E-state index is -4.50. The first-order valence-corrected chi connectivity index (χ1v) is 7.58. The van der Waals surface area contributed by atoms with E-state index in [-0.39, 0.29) is 24.2 Å². The number of aliphatic hydroxyl groups excluding tert-OH is 1. The van der Waals surface area contributed by atoms with Crippen molar-refractivity contribution in [3.8, 4) is 11.1 Å². The lowest BCUT2D eigenvalue weighted by molar-refractivity contribution is -0.137. The first kappa shape index (κ1) is 16.5. The van der Waals surface area contributed by atoms with E-state index in [0.29, 0.717) is 16.5 Å². The van der Waals surface area contributed by atoms with Crippen molar-refractivity contribution in [3.63, 3.8) is 0 Å². The van der Waals surface area contributed by atoms with E-state index in [2.05, 4.69) is 4.98 Å². The molecule has 0 aliphatic carbocycles. The highest BCUT2D eigenvalue weighted by molar-refractivity contribution is 5.95. The molecule has 24 heavy (non-hydrogen) atoms. The normalized spacial score (nSPS) is 11.9. The molecule has 5 heteroatoms. The average molecular weight is 331 g/mol. The molecular weight excluding hydrogens is 315 g/mol. The molecule has 0 saturated carbocycles. The highest BCUT2D eigenvalue weighted by Crippen LogP contribution is 2.41. The van der Waals surface area contributed by atoms with Gasteiger partial charge in [-0.3, -0.25) is 4.98 Å². The number of alkyl halides is 3. The Morgan fingerprint density at radius 2 is 1.67 bits per heavy atom. The maximum absolute atomic E-state index is 13.7. The van der Waals surface area contributed by atoms with E-state index in [4.69, 9.17) is 5.11 Å². The van der Waals surface area contributed by atoms with Gasteiger partial charge < -0.3 is 5.11 Å². The van der Waals surface area contributed by atoms with Gasteiger partial charge in [0.1, 0.15) is 0 Å². The third-order valence-corrected chi connectivity index (χ3v) is 3.98. The lowest BCUT2D eigenvalue weighted by Gasteiger charge is -2.18. The van der Waals surface area contributed by atoms with Crippen molar-refractivity contribution >= 4 is 10.9 Å². The molecule has 0 amide bonds. The van der Waals surface area contributed by atoms with E-state index in [1.807, 2.05) is 6.92 Å². The van der Waals surface area contributed by atoms with Crippen LogP contribution in [0.1, 0.15) is 16.8 Å². The van der Waals surface area contributed by atoms with Gasteiger partial charge in [0, 0.05) is 17.7 Å². The summed E-state index contributed by atoms with van der Waals surface area (Å²) in [5.41, 5.74) is 1.49. The predicted octanol–water partition coefficient (Wildman–Crippen LogP) is 4.76. The molecule has 0 unspecified atom stereocenters. The second-order valence-electron chi connectivity index (χ2n) is 5.64. The molecule has 0 spiro atoms. The number of benzene rings is 2. The van der Waals surface area contributed by atoms with E-state index in [1.54, 1.807) is 36.4 Å². The van der Waals surface area contributed by atoms with E-state index in [0.717, 1.165) is 5.69 Å². The van der Waals surface area contributed by atoms with E-state index in [1.165, 1.54) is 12.1 Å². The summed E-state index contributed by atoms with van der Waals surface area (Å²) in [6.07, 6.45) is -4.54. The van der Waals surface area contributed by atoms with Crippen LogP contribution in [0.4, 0.5) is 13.2 Å². The minimum absolute atomic E-state index is 0.0369. The van der Waals surface area contributed by atoms with Crippen molar-refractivity contribution in [3.05, 3.63) is 65.4 Å². The molecule has 0 atom stereocenters. The summed E-state index contributed by atoms with van der Waals surface area (Å²) in [5, 5.41) is 9.77. The van der Waals surface area contributed by atoms with Crippen LogP contribution in [-0.2, 0) is 12.6 Å². The maximum Gasteiger partial charge on any atom is 0.417 e. The number of rotatable bonds is 3. The molecule has 1 N–H and O–H groups in total. The van der Waals surface area contributed by atoms with Crippen LogP contribution in [0.15, 0.2) is 48.5 Å².